The summed E-state index contributed by atoms with van der Waals surface area (Å²) in [4.78, 5) is 19.0. The maximum absolute atomic E-state index is 12.3. The molecule has 0 unspecified atom stereocenters. The van der Waals surface area contributed by atoms with Crippen molar-refractivity contribution in [2.24, 2.45) is 11.1 Å². The summed E-state index contributed by atoms with van der Waals surface area (Å²) in [5.41, 5.74) is 0.396. The number of carbonyl (C=O) groups excluding carboxylic acids is 1. The quantitative estimate of drug-likeness (QED) is 0.871. The fraction of sp³-hybridized carbons (Fsp3) is 0.455. The highest BCUT2D eigenvalue weighted by atomic mass is 32.2. The minimum absolute atomic E-state index is 0.0743. The predicted molar refractivity (Wildman–Crippen MR) is 75.1 cm³/mol. The number of primary sulfonamides is 1. The summed E-state index contributed by atoms with van der Waals surface area (Å²) in [5.74, 6) is -0.315. The Bertz CT molecular complexity index is 720. The smallest absolute Gasteiger partial charge is 0.274 e. The number of rotatable bonds is 3. The molecular formula is C11H14N4O3S2. The number of thiazole rings is 1. The van der Waals surface area contributed by atoms with Crippen molar-refractivity contribution in [3.8, 4) is 0 Å². The molecule has 9 heteroatoms. The molecule has 3 rings (SSSR count). The second kappa shape index (κ2) is 4.83. The van der Waals surface area contributed by atoms with E-state index >= 15 is 0 Å². The van der Waals surface area contributed by atoms with E-state index < -0.39 is 10.0 Å². The number of fused-ring (bicyclic) bond motifs is 1. The summed E-state index contributed by atoms with van der Waals surface area (Å²) in [5, 5.41) is 6.94. The van der Waals surface area contributed by atoms with Gasteiger partial charge in [0.1, 0.15) is 5.69 Å². The molecule has 1 aliphatic heterocycles. The topological polar surface area (TPSA) is 97.8 Å². The van der Waals surface area contributed by atoms with Crippen LogP contribution < -0.4 is 5.14 Å². The van der Waals surface area contributed by atoms with Crippen LogP contribution in [0.1, 0.15) is 16.9 Å². The molecule has 7 nitrogen and oxygen atoms in total. The Hall–Kier alpha value is -1.45. The molecule has 20 heavy (non-hydrogen) atoms. The van der Waals surface area contributed by atoms with Gasteiger partial charge in [0.05, 0.1) is 5.75 Å². The van der Waals surface area contributed by atoms with Gasteiger partial charge in [-0.05, 0) is 12.3 Å². The van der Waals surface area contributed by atoms with E-state index in [4.69, 9.17) is 5.14 Å². The van der Waals surface area contributed by atoms with Gasteiger partial charge in [0.15, 0.2) is 4.96 Å². The molecule has 1 aliphatic rings. The van der Waals surface area contributed by atoms with Crippen LogP contribution in [0.4, 0.5) is 0 Å². The van der Waals surface area contributed by atoms with Crippen molar-refractivity contribution in [3.05, 3.63) is 23.5 Å². The SMILES string of the molecule is NS(=O)(=O)C[C@@H]1CCN(C(=O)c2cn3ccsc3n2)C1. The molecule has 1 amide bonds. The van der Waals surface area contributed by atoms with E-state index in [0.717, 1.165) is 4.96 Å². The average Bonchev–Trinajstić information content (AvgIpc) is 2.98. The standard InChI is InChI=1S/C11H14N4O3S2/c12-20(17,18)7-8-1-2-14(5-8)10(16)9-6-15-3-4-19-11(15)13-9/h3-4,6,8H,1-2,5,7H2,(H2,12,17,18)/t8-/m1/s1. The van der Waals surface area contributed by atoms with Gasteiger partial charge < -0.3 is 4.90 Å². The lowest BCUT2D eigenvalue weighted by atomic mass is 10.2. The van der Waals surface area contributed by atoms with E-state index in [2.05, 4.69) is 4.98 Å². The first-order valence-corrected chi connectivity index (χ1v) is 8.74. The van der Waals surface area contributed by atoms with E-state index in [1.807, 2.05) is 11.6 Å². The molecule has 0 bridgehead atoms. The maximum Gasteiger partial charge on any atom is 0.274 e. The van der Waals surface area contributed by atoms with E-state index in [1.165, 1.54) is 11.3 Å². The van der Waals surface area contributed by atoms with Crippen LogP contribution in [-0.4, -0.2) is 47.5 Å². The van der Waals surface area contributed by atoms with Gasteiger partial charge in [-0.2, -0.15) is 0 Å². The summed E-state index contributed by atoms with van der Waals surface area (Å²) in [6.07, 6.45) is 4.20. The van der Waals surface area contributed by atoms with Crippen molar-refractivity contribution >= 4 is 32.2 Å². The first-order chi connectivity index (χ1) is 9.42. The van der Waals surface area contributed by atoms with Gasteiger partial charge in [0, 0.05) is 30.9 Å². The van der Waals surface area contributed by atoms with Crippen LogP contribution in [0.25, 0.3) is 4.96 Å². The molecule has 2 aromatic rings. The van der Waals surface area contributed by atoms with E-state index in [0.29, 0.717) is 25.2 Å². The Labute approximate surface area is 120 Å². The number of nitrogens with zero attached hydrogens (tertiary/aromatic N) is 3. The van der Waals surface area contributed by atoms with E-state index in [9.17, 15) is 13.2 Å². The third-order valence-corrected chi connectivity index (χ3v) is 5.06. The number of aromatic nitrogens is 2. The summed E-state index contributed by atoms with van der Waals surface area (Å²) < 4.78 is 24.0. The number of sulfonamides is 1. The van der Waals surface area contributed by atoms with Crippen molar-refractivity contribution in [2.75, 3.05) is 18.8 Å². The highest BCUT2D eigenvalue weighted by Crippen LogP contribution is 2.20. The lowest BCUT2D eigenvalue weighted by Gasteiger charge is -2.14. The number of amides is 1. The molecule has 0 spiro atoms. The van der Waals surface area contributed by atoms with Gasteiger partial charge in [-0.25, -0.2) is 18.5 Å². The van der Waals surface area contributed by atoms with Crippen LogP contribution in [0.5, 0.6) is 0 Å². The van der Waals surface area contributed by atoms with Gasteiger partial charge in [0.2, 0.25) is 10.0 Å². The van der Waals surface area contributed by atoms with E-state index in [1.54, 1.807) is 15.5 Å². The van der Waals surface area contributed by atoms with Crippen LogP contribution in [0.15, 0.2) is 17.8 Å². The Morgan fingerprint density at radius 3 is 3.05 bits per heavy atom. The van der Waals surface area contributed by atoms with Crippen molar-refractivity contribution in [1.82, 2.24) is 14.3 Å². The van der Waals surface area contributed by atoms with Crippen molar-refractivity contribution < 1.29 is 13.2 Å². The van der Waals surface area contributed by atoms with Crippen molar-refractivity contribution in [1.29, 1.82) is 0 Å². The van der Waals surface area contributed by atoms with Gasteiger partial charge in [-0.3, -0.25) is 9.20 Å². The zero-order valence-electron chi connectivity index (χ0n) is 10.6. The Kier molecular flexibility index (Phi) is 3.27. The number of hydrogen-bond acceptors (Lipinski definition) is 5. The summed E-state index contributed by atoms with van der Waals surface area (Å²) >= 11 is 1.46. The minimum atomic E-state index is -3.49. The monoisotopic (exact) mass is 314 g/mol. The number of nitrogens with two attached hydrogens (primary N) is 1. The first kappa shape index (κ1) is 13.5. The van der Waals surface area contributed by atoms with Crippen LogP contribution >= 0.6 is 11.3 Å². The predicted octanol–water partition coefficient (Wildman–Crippen LogP) is 0.146. The Balaban J connectivity index is 1.71. The highest BCUT2D eigenvalue weighted by Gasteiger charge is 2.30. The number of hydrogen-bond donors (Lipinski definition) is 1. The van der Waals surface area contributed by atoms with Gasteiger partial charge in [0.25, 0.3) is 5.91 Å². The average molecular weight is 314 g/mol. The molecule has 1 fully saturated rings. The molecule has 1 atom stereocenters. The fourth-order valence-corrected chi connectivity index (χ4v) is 4.10. The second-order valence-electron chi connectivity index (χ2n) is 4.95. The first-order valence-electron chi connectivity index (χ1n) is 6.14. The maximum atomic E-state index is 12.3. The Morgan fingerprint density at radius 2 is 2.35 bits per heavy atom. The molecule has 1 saturated heterocycles. The summed E-state index contributed by atoms with van der Waals surface area (Å²) in [6.45, 7) is 0.963. The zero-order chi connectivity index (χ0) is 14.3. The highest BCUT2D eigenvalue weighted by molar-refractivity contribution is 7.89. The molecule has 3 heterocycles. The molecule has 0 aliphatic carbocycles. The minimum Gasteiger partial charge on any atom is -0.337 e. The molecule has 2 aromatic heterocycles. The molecule has 0 radical (unpaired) electrons. The summed E-state index contributed by atoms with van der Waals surface area (Å²) in [6, 6.07) is 0. The normalized spacial score (nSPS) is 19.9. The van der Waals surface area contributed by atoms with Gasteiger partial charge >= 0.3 is 0 Å². The number of likely N-dealkylation sites (tertiary alicyclic amines) is 1. The third kappa shape index (κ3) is 2.69. The lowest BCUT2D eigenvalue weighted by molar-refractivity contribution is 0.0783. The zero-order valence-corrected chi connectivity index (χ0v) is 12.2. The van der Waals surface area contributed by atoms with Crippen LogP contribution in [0.2, 0.25) is 0 Å². The lowest BCUT2D eigenvalue weighted by Crippen LogP contribution is -2.31. The van der Waals surface area contributed by atoms with Crippen LogP contribution in [-0.2, 0) is 10.0 Å². The van der Waals surface area contributed by atoms with Crippen molar-refractivity contribution in [2.45, 2.75) is 6.42 Å². The largest absolute Gasteiger partial charge is 0.337 e. The fourth-order valence-electron chi connectivity index (χ4n) is 2.47. The van der Waals surface area contributed by atoms with Crippen LogP contribution in [0.3, 0.4) is 0 Å². The van der Waals surface area contributed by atoms with Gasteiger partial charge in [-0.15, -0.1) is 11.3 Å². The molecule has 0 aromatic carbocycles. The van der Waals surface area contributed by atoms with Crippen LogP contribution in [0, 0.1) is 5.92 Å². The molecule has 108 valence electrons. The Morgan fingerprint density at radius 1 is 1.55 bits per heavy atom. The summed E-state index contributed by atoms with van der Waals surface area (Å²) in [7, 11) is -3.49. The molecule has 2 N–H and O–H groups in total. The van der Waals surface area contributed by atoms with Crippen molar-refractivity contribution in [3.63, 3.8) is 0 Å². The second-order valence-corrected chi connectivity index (χ2v) is 7.49. The van der Waals surface area contributed by atoms with Gasteiger partial charge in [-0.1, -0.05) is 0 Å². The number of carbonyl (C=O) groups is 1. The van der Waals surface area contributed by atoms with E-state index in [-0.39, 0.29) is 17.6 Å². The number of imidazole rings is 1. The molecule has 0 saturated carbocycles. The third-order valence-electron chi connectivity index (χ3n) is 3.35. The molecular weight excluding hydrogens is 300 g/mol.